The zero-order valence-electron chi connectivity index (χ0n) is 11.7. The fourth-order valence-corrected chi connectivity index (χ4v) is 2.94. The van der Waals surface area contributed by atoms with E-state index in [4.69, 9.17) is 5.73 Å². The number of nitrogens with two attached hydrogens (primary N) is 1. The first-order valence-corrected chi connectivity index (χ1v) is 7.21. The lowest BCUT2D eigenvalue weighted by atomic mass is 9.88. The molecule has 0 bridgehead atoms. The average Bonchev–Trinajstić information content (AvgIpc) is 2.67. The molecule has 0 spiro atoms. The number of nitrogens with zero attached hydrogens (tertiary/aromatic N) is 1. The van der Waals surface area contributed by atoms with Crippen LogP contribution in [0.5, 0.6) is 0 Å². The van der Waals surface area contributed by atoms with Crippen molar-refractivity contribution in [2.45, 2.75) is 44.6 Å². The third-order valence-corrected chi connectivity index (χ3v) is 4.20. The van der Waals surface area contributed by atoms with E-state index in [1.807, 2.05) is 0 Å². The molecule has 0 radical (unpaired) electrons. The maximum atomic E-state index is 6.45. The second kappa shape index (κ2) is 6.24. The monoisotopic (exact) mass is 246 g/mol. The Balaban J connectivity index is 2.05. The van der Waals surface area contributed by atoms with E-state index in [0.717, 1.165) is 0 Å². The van der Waals surface area contributed by atoms with Crippen LogP contribution in [-0.4, -0.2) is 14.1 Å². The number of benzene rings is 1. The molecule has 1 aliphatic rings. The molecule has 0 aliphatic heterocycles. The molecular weight excluding hydrogens is 220 g/mol. The van der Waals surface area contributed by atoms with E-state index in [2.05, 4.69) is 43.3 Å². The Labute approximate surface area is 111 Å². The van der Waals surface area contributed by atoms with E-state index in [1.165, 1.54) is 49.8 Å². The van der Waals surface area contributed by atoms with E-state index in [-0.39, 0.29) is 6.04 Å². The minimum absolute atomic E-state index is 0.222. The maximum Gasteiger partial charge on any atom is 0.0361 e. The molecule has 1 unspecified atom stereocenters. The maximum absolute atomic E-state index is 6.45. The van der Waals surface area contributed by atoms with Crippen molar-refractivity contribution in [2.75, 3.05) is 19.0 Å². The Bertz CT molecular complexity index is 348. The minimum atomic E-state index is 0.222. The summed E-state index contributed by atoms with van der Waals surface area (Å²) in [4.78, 5) is 2.13. The molecule has 2 N–H and O–H groups in total. The Morgan fingerprint density at radius 1 is 1.00 bits per heavy atom. The van der Waals surface area contributed by atoms with Crippen molar-refractivity contribution in [3.63, 3.8) is 0 Å². The van der Waals surface area contributed by atoms with Crippen molar-refractivity contribution in [1.29, 1.82) is 0 Å². The van der Waals surface area contributed by atoms with Gasteiger partial charge in [0.05, 0.1) is 0 Å². The summed E-state index contributed by atoms with van der Waals surface area (Å²) in [5.41, 5.74) is 8.99. The first-order chi connectivity index (χ1) is 8.68. The molecule has 1 fully saturated rings. The van der Waals surface area contributed by atoms with Crippen LogP contribution in [0.2, 0.25) is 0 Å². The molecule has 0 amide bonds. The van der Waals surface area contributed by atoms with Crippen molar-refractivity contribution in [2.24, 2.45) is 11.7 Å². The standard InChI is InChI=1S/C16H26N2/c1-18(2)15-11-9-14(10-12-15)16(17)13-7-5-3-4-6-8-13/h9-13,16H,3-8,17H2,1-2H3. The first kappa shape index (κ1) is 13.4. The van der Waals surface area contributed by atoms with Gasteiger partial charge in [-0.15, -0.1) is 0 Å². The molecule has 1 atom stereocenters. The summed E-state index contributed by atoms with van der Waals surface area (Å²) >= 11 is 0. The molecule has 0 heterocycles. The van der Waals surface area contributed by atoms with Gasteiger partial charge in [0.25, 0.3) is 0 Å². The topological polar surface area (TPSA) is 29.3 Å². The molecule has 100 valence electrons. The van der Waals surface area contributed by atoms with Gasteiger partial charge in [-0.25, -0.2) is 0 Å². The fraction of sp³-hybridized carbons (Fsp3) is 0.625. The second-order valence-electron chi connectivity index (χ2n) is 5.76. The molecule has 2 rings (SSSR count). The largest absolute Gasteiger partial charge is 0.378 e. The van der Waals surface area contributed by atoms with Gasteiger partial charge in [-0.05, 0) is 36.5 Å². The summed E-state index contributed by atoms with van der Waals surface area (Å²) in [7, 11) is 4.14. The quantitative estimate of drug-likeness (QED) is 0.824. The Morgan fingerprint density at radius 3 is 2.06 bits per heavy atom. The van der Waals surface area contributed by atoms with Gasteiger partial charge >= 0.3 is 0 Å². The predicted octanol–water partition coefficient (Wildman–Crippen LogP) is 3.72. The lowest BCUT2D eigenvalue weighted by molar-refractivity contribution is 0.382. The summed E-state index contributed by atoms with van der Waals surface area (Å²) in [5.74, 6) is 0.678. The molecular formula is C16H26N2. The van der Waals surface area contributed by atoms with Gasteiger partial charge in [0.2, 0.25) is 0 Å². The van der Waals surface area contributed by atoms with Gasteiger partial charge in [0, 0.05) is 25.8 Å². The lowest BCUT2D eigenvalue weighted by Gasteiger charge is -2.23. The summed E-state index contributed by atoms with van der Waals surface area (Å²) < 4.78 is 0. The van der Waals surface area contributed by atoms with Crippen LogP contribution in [0.15, 0.2) is 24.3 Å². The van der Waals surface area contributed by atoms with Crippen molar-refractivity contribution >= 4 is 5.69 Å². The molecule has 0 saturated heterocycles. The van der Waals surface area contributed by atoms with E-state index < -0.39 is 0 Å². The van der Waals surface area contributed by atoms with Crippen LogP contribution < -0.4 is 10.6 Å². The number of anilines is 1. The van der Waals surface area contributed by atoms with E-state index in [0.29, 0.717) is 5.92 Å². The minimum Gasteiger partial charge on any atom is -0.378 e. The smallest absolute Gasteiger partial charge is 0.0361 e. The van der Waals surface area contributed by atoms with E-state index >= 15 is 0 Å². The molecule has 1 aliphatic carbocycles. The Morgan fingerprint density at radius 2 is 1.56 bits per heavy atom. The summed E-state index contributed by atoms with van der Waals surface area (Å²) in [6.45, 7) is 0. The zero-order chi connectivity index (χ0) is 13.0. The molecule has 1 aromatic carbocycles. The normalized spacial score (nSPS) is 19.3. The van der Waals surface area contributed by atoms with Crippen molar-refractivity contribution in [1.82, 2.24) is 0 Å². The summed E-state index contributed by atoms with van der Waals surface area (Å²) in [6.07, 6.45) is 8.10. The average molecular weight is 246 g/mol. The van der Waals surface area contributed by atoms with Gasteiger partial charge in [-0.1, -0.05) is 37.8 Å². The highest BCUT2D eigenvalue weighted by atomic mass is 15.1. The number of rotatable bonds is 3. The van der Waals surface area contributed by atoms with Crippen LogP contribution in [0.3, 0.4) is 0 Å². The third kappa shape index (κ3) is 3.26. The van der Waals surface area contributed by atoms with Crippen LogP contribution >= 0.6 is 0 Å². The van der Waals surface area contributed by atoms with Crippen molar-refractivity contribution in [3.05, 3.63) is 29.8 Å². The molecule has 18 heavy (non-hydrogen) atoms. The Kier molecular flexibility index (Phi) is 4.65. The number of hydrogen-bond acceptors (Lipinski definition) is 2. The lowest BCUT2D eigenvalue weighted by Crippen LogP contribution is -2.21. The molecule has 1 saturated carbocycles. The highest BCUT2D eigenvalue weighted by Gasteiger charge is 2.20. The van der Waals surface area contributed by atoms with Gasteiger partial charge in [0.15, 0.2) is 0 Å². The second-order valence-corrected chi connectivity index (χ2v) is 5.76. The fourth-order valence-electron chi connectivity index (χ4n) is 2.94. The SMILES string of the molecule is CN(C)c1ccc(C(N)C2CCCCCC2)cc1. The summed E-state index contributed by atoms with van der Waals surface area (Å²) in [6, 6.07) is 8.97. The highest BCUT2D eigenvalue weighted by molar-refractivity contribution is 5.46. The highest BCUT2D eigenvalue weighted by Crippen LogP contribution is 2.32. The third-order valence-electron chi connectivity index (χ3n) is 4.20. The molecule has 2 nitrogen and oxygen atoms in total. The first-order valence-electron chi connectivity index (χ1n) is 7.21. The van der Waals surface area contributed by atoms with Crippen LogP contribution in [0.4, 0.5) is 5.69 Å². The molecule has 2 heteroatoms. The van der Waals surface area contributed by atoms with E-state index in [9.17, 15) is 0 Å². The van der Waals surface area contributed by atoms with Crippen LogP contribution in [-0.2, 0) is 0 Å². The number of hydrogen-bond donors (Lipinski definition) is 1. The van der Waals surface area contributed by atoms with Gasteiger partial charge in [0.1, 0.15) is 0 Å². The van der Waals surface area contributed by atoms with Gasteiger partial charge in [-0.3, -0.25) is 0 Å². The van der Waals surface area contributed by atoms with Crippen LogP contribution in [0.25, 0.3) is 0 Å². The Hall–Kier alpha value is -1.02. The van der Waals surface area contributed by atoms with Crippen LogP contribution in [0, 0.1) is 5.92 Å². The molecule has 1 aromatic rings. The predicted molar refractivity (Wildman–Crippen MR) is 78.9 cm³/mol. The zero-order valence-corrected chi connectivity index (χ0v) is 11.7. The van der Waals surface area contributed by atoms with E-state index in [1.54, 1.807) is 0 Å². The van der Waals surface area contributed by atoms with Crippen LogP contribution in [0.1, 0.15) is 50.1 Å². The van der Waals surface area contributed by atoms with Gasteiger partial charge < -0.3 is 10.6 Å². The van der Waals surface area contributed by atoms with Crippen molar-refractivity contribution < 1.29 is 0 Å². The van der Waals surface area contributed by atoms with Gasteiger partial charge in [-0.2, -0.15) is 0 Å². The molecule has 0 aromatic heterocycles. The summed E-state index contributed by atoms with van der Waals surface area (Å²) in [5, 5.41) is 0. The van der Waals surface area contributed by atoms with Crippen molar-refractivity contribution in [3.8, 4) is 0 Å².